The lowest BCUT2D eigenvalue weighted by Gasteiger charge is -2.20. The molecule has 3 nitrogen and oxygen atoms in total. The van der Waals surface area contributed by atoms with Gasteiger partial charge in [0.2, 0.25) is 0 Å². The van der Waals surface area contributed by atoms with Crippen molar-refractivity contribution in [1.82, 2.24) is 0 Å². The maximum atomic E-state index is 13.4. The average Bonchev–Trinajstić information content (AvgIpc) is 2.50. The van der Waals surface area contributed by atoms with Crippen molar-refractivity contribution >= 4 is 18.4 Å². The second-order valence-electron chi connectivity index (χ2n) is 5.05. The minimum Gasteiger partial charge on any atom is -0.465 e. The summed E-state index contributed by atoms with van der Waals surface area (Å²) in [6.07, 6.45) is 5.23. The Kier molecular flexibility index (Phi) is 7.01. The summed E-state index contributed by atoms with van der Waals surface area (Å²) in [6, 6.07) is 7.19. The lowest BCUT2D eigenvalue weighted by molar-refractivity contribution is 0.0602. The van der Waals surface area contributed by atoms with E-state index in [4.69, 9.17) is 4.74 Å². The highest BCUT2D eigenvalue weighted by Gasteiger charge is 2.28. The lowest BCUT2D eigenvalue weighted by Crippen LogP contribution is -2.20. The van der Waals surface area contributed by atoms with Gasteiger partial charge in [0.05, 0.1) is 12.7 Å². The molecule has 0 aliphatic heterocycles. The van der Waals surface area contributed by atoms with Crippen LogP contribution in [0.1, 0.15) is 49.9 Å². The summed E-state index contributed by atoms with van der Waals surface area (Å²) in [7, 11) is -1.15. The molecule has 0 saturated carbocycles. The first-order chi connectivity index (χ1) is 9.59. The molecule has 1 rings (SSSR count). The number of rotatable bonds is 8. The van der Waals surface area contributed by atoms with Gasteiger partial charge in [0, 0.05) is 17.6 Å². The molecule has 20 heavy (non-hydrogen) atoms. The van der Waals surface area contributed by atoms with Crippen LogP contribution in [0.15, 0.2) is 24.3 Å². The molecule has 0 bridgehead atoms. The molecule has 0 fully saturated rings. The zero-order valence-corrected chi connectivity index (χ0v) is 13.6. The fraction of sp³-hybridized carbons (Fsp3) is 0.562. The summed E-state index contributed by atoms with van der Waals surface area (Å²) in [5.74, 6) is -0.395. The highest BCUT2D eigenvalue weighted by Crippen LogP contribution is 2.47. The lowest BCUT2D eigenvalue weighted by atomic mass is 10.2. The van der Waals surface area contributed by atoms with Crippen molar-refractivity contribution in [3.8, 4) is 0 Å². The number of carbonyl (C=O) groups excluding carboxylic acids is 1. The molecule has 0 N–H and O–H groups in total. The third kappa shape index (κ3) is 4.21. The van der Waals surface area contributed by atoms with Crippen molar-refractivity contribution < 1.29 is 14.1 Å². The van der Waals surface area contributed by atoms with Crippen LogP contribution in [0.3, 0.4) is 0 Å². The molecule has 0 aliphatic rings. The Labute approximate surface area is 122 Å². The van der Waals surface area contributed by atoms with E-state index in [2.05, 4.69) is 13.8 Å². The van der Waals surface area contributed by atoms with E-state index in [1.165, 1.54) is 7.11 Å². The summed E-state index contributed by atoms with van der Waals surface area (Å²) in [4.78, 5) is 11.9. The van der Waals surface area contributed by atoms with Gasteiger partial charge in [-0.25, -0.2) is 4.79 Å². The Hall–Kier alpha value is -1.08. The van der Waals surface area contributed by atoms with Crippen molar-refractivity contribution in [2.45, 2.75) is 39.5 Å². The van der Waals surface area contributed by atoms with Crippen LogP contribution in [0.5, 0.6) is 0 Å². The first-order valence-corrected chi connectivity index (χ1v) is 9.42. The van der Waals surface area contributed by atoms with Crippen LogP contribution in [-0.4, -0.2) is 25.4 Å². The Morgan fingerprint density at radius 2 is 1.65 bits per heavy atom. The van der Waals surface area contributed by atoms with Gasteiger partial charge in [-0.05, 0) is 18.9 Å². The molecule has 0 unspecified atom stereocenters. The number of methoxy groups -OCH3 is 1. The predicted molar refractivity (Wildman–Crippen MR) is 84.6 cm³/mol. The van der Waals surface area contributed by atoms with Crippen molar-refractivity contribution in [3.05, 3.63) is 29.8 Å². The molecule has 0 saturated heterocycles. The van der Waals surface area contributed by atoms with E-state index in [0.717, 1.165) is 25.7 Å². The highest BCUT2D eigenvalue weighted by atomic mass is 31.2. The van der Waals surface area contributed by atoms with Gasteiger partial charge >= 0.3 is 5.97 Å². The van der Waals surface area contributed by atoms with Gasteiger partial charge in [-0.15, -0.1) is 0 Å². The van der Waals surface area contributed by atoms with Gasteiger partial charge in [-0.3, -0.25) is 0 Å². The highest BCUT2D eigenvalue weighted by molar-refractivity contribution is 7.71. The van der Waals surface area contributed by atoms with Crippen LogP contribution in [-0.2, 0) is 9.30 Å². The van der Waals surface area contributed by atoms with Crippen molar-refractivity contribution in [1.29, 1.82) is 0 Å². The molecule has 112 valence electrons. The van der Waals surface area contributed by atoms with E-state index in [-0.39, 0.29) is 0 Å². The maximum absolute atomic E-state index is 13.4. The van der Waals surface area contributed by atoms with Crippen LogP contribution in [0.4, 0.5) is 0 Å². The summed E-state index contributed by atoms with van der Waals surface area (Å²) >= 11 is 0. The minimum atomic E-state index is -2.51. The fourth-order valence-corrected chi connectivity index (χ4v) is 5.61. The van der Waals surface area contributed by atoms with Gasteiger partial charge in [-0.2, -0.15) is 0 Å². The Bertz CT molecular complexity index is 470. The number of carbonyl (C=O) groups is 1. The normalized spacial score (nSPS) is 11.3. The van der Waals surface area contributed by atoms with Crippen LogP contribution in [0, 0.1) is 0 Å². The van der Waals surface area contributed by atoms with E-state index in [0.29, 0.717) is 23.2 Å². The average molecular weight is 296 g/mol. The third-order valence-corrected chi connectivity index (χ3v) is 6.84. The number of benzene rings is 1. The van der Waals surface area contributed by atoms with Gasteiger partial charge in [0.25, 0.3) is 0 Å². The Morgan fingerprint density at radius 3 is 2.15 bits per heavy atom. The van der Waals surface area contributed by atoms with Crippen molar-refractivity contribution in [2.75, 3.05) is 19.4 Å². The standard InChI is InChI=1S/C16H25O3P/c1-4-6-12-20(18,13-7-5-2)15-11-9-8-10-14(15)16(17)19-3/h8-11H,4-7,12-13H2,1-3H3. The molecule has 0 heterocycles. The van der Waals surface area contributed by atoms with Crippen LogP contribution in [0.2, 0.25) is 0 Å². The topological polar surface area (TPSA) is 43.4 Å². The van der Waals surface area contributed by atoms with Gasteiger partial charge < -0.3 is 9.30 Å². The van der Waals surface area contributed by atoms with Crippen LogP contribution in [0.25, 0.3) is 0 Å². The molecule has 0 aliphatic carbocycles. The summed E-state index contributed by atoms with van der Waals surface area (Å²) in [6.45, 7) is 4.19. The Morgan fingerprint density at radius 1 is 1.10 bits per heavy atom. The minimum absolute atomic E-state index is 0.395. The zero-order chi connectivity index (χ0) is 15.0. The molecule has 4 heteroatoms. The quantitative estimate of drug-likeness (QED) is 0.536. The molecule has 0 spiro atoms. The van der Waals surface area contributed by atoms with Crippen molar-refractivity contribution in [3.63, 3.8) is 0 Å². The Balaban J connectivity index is 3.19. The van der Waals surface area contributed by atoms with E-state index < -0.39 is 13.1 Å². The molecule has 0 aromatic heterocycles. The second kappa shape index (κ2) is 8.26. The summed E-state index contributed by atoms with van der Waals surface area (Å²) < 4.78 is 18.2. The number of ether oxygens (including phenoxy) is 1. The predicted octanol–water partition coefficient (Wildman–Crippen LogP) is 4.06. The van der Waals surface area contributed by atoms with Crippen LogP contribution < -0.4 is 5.30 Å². The SMILES string of the molecule is CCCCP(=O)(CCCC)c1ccccc1C(=O)OC. The summed E-state index contributed by atoms with van der Waals surface area (Å²) in [5, 5.41) is 0.703. The molecule has 1 aromatic carbocycles. The number of unbranched alkanes of at least 4 members (excludes halogenated alkanes) is 2. The molecular formula is C16H25O3P. The smallest absolute Gasteiger partial charge is 0.338 e. The van der Waals surface area contributed by atoms with Crippen molar-refractivity contribution in [2.24, 2.45) is 0 Å². The zero-order valence-electron chi connectivity index (χ0n) is 12.7. The fourth-order valence-electron chi connectivity index (χ4n) is 2.29. The van der Waals surface area contributed by atoms with Gasteiger partial charge in [0.15, 0.2) is 0 Å². The molecule has 0 atom stereocenters. The molecule has 0 amide bonds. The summed E-state index contributed by atoms with van der Waals surface area (Å²) in [5.41, 5.74) is 0.463. The van der Waals surface area contributed by atoms with Gasteiger partial charge in [0.1, 0.15) is 7.14 Å². The first kappa shape index (κ1) is 17.0. The first-order valence-electron chi connectivity index (χ1n) is 7.35. The second-order valence-corrected chi connectivity index (χ2v) is 8.21. The number of esters is 1. The van der Waals surface area contributed by atoms with E-state index in [1.807, 2.05) is 12.1 Å². The largest absolute Gasteiger partial charge is 0.465 e. The monoisotopic (exact) mass is 296 g/mol. The van der Waals surface area contributed by atoms with Gasteiger partial charge in [-0.1, -0.05) is 44.9 Å². The molecule has 1 aromatic rings. The number of hydrogen-bond donors (Lipinski definition) is 0. The molecule has 0 radical (unpaired) electrons. The van der Waals surface area contributed by atoms with E-state index in [9.17, 15) is 9.36 Å². The number of hydrogen-bond acceptors (Lipinski definition) is 3. The van der Waals surface area contributed by atoms with E-state index in [1.54, 1.807) is 12.1 Å². The molecular weight excluding hydrogens is 271 g/mol. The van der Waals surface area contributed by atoms with E-state index >= 15 is 0 Å². The third-order valence-electron chi connectivity index (χ3n) is 3.49. The van der Waals surface area contributed by atoms with Crippen LogP contribution >= 0.6 is 7.14 Å². The maximum Gasteiger partial charge on any atom is 0.338 e.